The molecule has 5 heteroatoms. The van der Waals surface area contributed by atoms with Crippen LogP contribution in [0.1, 0.15) is 9.75 Å². The topological polar surface area (TPSA) is 24.9 Å². The molecule has 2 aromatic heterocycles. The van der Waals surface area contributed by atoms with Gasteiger partial charge in [0.25, 0.3) is 0 Å². The Labute approximate surface area is 124 Å². The van der Waals surface area contributed by atoms with Crippen LogP contribution in [-0.2, 0) is 6.54 Å². The molecule has 0 radical (unpaired) electrons. The summed E-state index contributed by atoms with van der Waals surface area (Å²) in [6, 6.07) is 8.32. The zero-order chi connectivity index (χ0) is 12.8. The second kappa shape index (κ2) is 7.28. The number of aromatic nitrogens is 1. The first-order chi connectivity index (χ1) is 8.75. The highest BCUT2D eigenvalue weighted by atomic mass is 79.9. The van der Waals surface area contributed by atoms with Crippen molar-refractivity contribution in [1.29, 1.82) is 0 Å². The van der Waals surface area contributed by atoms with E-state index in [1.165, 1.54) is 9.75 Å². The van der Waals surface area contributed by atoms with Crippen molar-refractivity contribution in [3.63, 3.8) is 0 Å². The first-order valence-electron chi connectivity index (χ1n) is 5.75. The van der Waals surface area contributed by atoms with E-state index in [1.807, 2.05) is 29.7 Å². The number of thioether (sulfide) groups is 1. The summed E-state index contributed by atoms with van der Waals surface area (Å²) in [4.78, 5) is 7.10. The van der Waals surface area contributed by atoms with Crippen molar-refractivity contribution in [3.05, 3.63) is 44.7 Å². The van der Waals surface area contributed by atoms with E-state index in [9.17, 15) is 0 Å². The van der Waals surface area contributed by atoms with Crippen LogP contribution >= 0.6 is 39.0 Å². The normalized spacial score (nSPS) is 10.8. The Morgan fingerprint density at radius 1 is 1.39 bits per heavy atom. The fraction of sp³-hybridized carbons (Fsp3) is 0.308. The Bertz CT molecular complexity index is 499. The van der Waals surface area contributed by atoms with Gasteiger partial charge in [-0.25, -0.2) is 4.98 Å². The maximum atomic E-state index is 4.33. The molecule has 0 saturated carbocycles. The second-order valence-corrected chi connectivity index (χ2v) is 7.14. The van der Waals surface area contributed by atoms with Crippen molar-refractivity contribution in [2.75, 3.05) is 12.3 Å². The SMILES string of the molecule is Cc1ccc(CNCCSc2ncccc2Br)s1. The molecule has 2 nitrogen and oxygen atoms in total. The number of halogens is 1. The molecule has 1 N–H and O–H groups in total. The molecule has 0 saturated heterocycles. The minimum Gasteiger partial charge on any atom is -0.311 e. The van der Waals surface area contributed by atoms with Gasteiger partial charge in [0.05, 0.1) is 0 Å². The standard InChI is InChI=1S/C13H15BrN2S2/c1-10-4-5-11(18-10)9-15-7-8-17-13-12(14)3-2-6-16-13/h2-6,15H,7-9H2,1H3. The first kappa shape index (κ1) is 14.1. The van der Waals surface area contributed by atoms with Crippen molar-refractivity contribution in [2.45, 2.75) is 18.5 Å². The smallest absolute Gasteiger partial charge is 0.110 e. The van der Waals surface area contributed by atoms with Crippen molar-refractivity contribution < 1.29 is 0 Å². The molecule has 2 aromatic rings. The van der Waals surface area contributed by atoms with E-state index in [0.717, 1.165) is 28.3 Å². The molecular weight excluding hydrogens is 328 g/mol. The average Bonchev–Trinajstić information content (AvgIpc) is 2.77. The zero-order valence-corrected chi connectivity index (χ0v) is 13.4. The largest absolute Gasteiger partial charge is 0.311 e. The van der Waals surface area contributed by atoms with Gasteiger partial charge in [-0.15, -0.1) is 23.1 Å². The Kier molecular flexibility index (Phi) is 5.69. The molecular formula is C13H15BrN2S2. The average molecular weight is 343 g/mol. The van der Waals surface area contributed by atoms with E-state index >= 15 is 0 Å². The molecule has 0 amide bonds. The van der Waals surface area contributed by atoms with Gasteiger partial charge in [0.2, 0.25) is 0 Å². The summed E-state index contributed by atoms with van der Waals surface area (Å²) in [5, 5.41) is 4.51. The summed E-state index contributed by atoms with van der Waals surface area (Å²) in [6.45, 7) is 4.09. The van der Waals surface area contributed by atoms with Crippen LogP contribution in [0.25, 0.3) is 0 Å². The predicted molar refractivity (Wildman–Crippen MR) is 83.4 cm³/mol. The Morgan fingerprint density at radius 2 is 2.28 bits per heavy atom. The third-order valence-corrected chi connectivity index (χ3v) is 5.25. The lowest BCUT2D eigenvalue weighted by Gasteiger charge is -2.04. The molecule has 96 valence electrons. The maximum Gasteiger partial charge on any atom is 0.110 e. The van der Waals surface area contributed by atoms with Gasteiger partial charge in [-0.2, -0.15) is 0 Å². The lowest BCUT2D eigenvalue weighted by molar-refractivity contribution is 0.740. The van der Waals surface area contributed by atoms with Crippen molar-refractivity contribution in [3.8, 4) is 0 Å². The number of pyridine rings is 1. The van der Waals surface area contributed by atoms with Crippen LogP contribution < -0.4 is 5.32 Å². The monoisotopic (exact) mass is 342 g/mol. The highest BCUT2D eigenvalue weighted by molar-refractivity contribution is 9.10. The fourth-order valence-electron chi connectivity index (χ4n) is 1.49. The maximum absolute atomic E-state index is 4.33. The van der Waals surface area contributed by atoms with E-state index < -0.39 is 0 Å². The first-order valence-corrected chi connectivity index (χ1v) is 8.34. The summed E-state index contributed by atoms with van der Waals surface area (Å²) in [5.41, 5.74) is 0. The molecule has 0 aliphatic heterocycles. The van der Waals surface area contributed by atoms with Gasteiger partial charge in [-0.1, -0.05) is 0 Å². The van der Waals surface area contributed by atoms with Crippen LogP contribution in [0.4, 0.5) is 0 Å². The van der Waals surface area contributed by atoms with Gasteiger partial charge in [-0.3, -0.25) is 0 Å². The van der Waals surface area contributed by atoms with Crippen LogP contribution in [0.15, 0.2) is 40.0 Å². The molecule has 0 aromatic carbocycles. The van der Waals surface area contributed by atoms with Crippen molar-refractivity contribution in [2.24, 2.45) is 0 Å². The molecule has 2 heterocycles. The predicted octanol–water partition coefficient (Wildman–Crippen LogP) is 4.10. The molecule has 18 heavy (non-hydrogen) atoms. The number of hydrogen-bond donors (Lipinski definition) is 1. The highest BCUT2D eigenvalue weighted by Gasteiger charge is 2.00. The Balaban J connectivity index is 1.66. The molecule has 0 aliphatic rings. The van der Waals surface area contributed by atoms with Crippen LogP contribution in [0.3, 0.4) is 0 Å². The van der Waals surface area contributed by atoms with Gasteiger partial charge >= 0.3 is 0 Å². The number of rotatable bonds is 6. The molecule has 2 rings (SSSR count). The summed E-state index contributed by atoms with van der Waals surface area (Å²) < 4.78 is 1.07. The molecule has 0 unspecified atom stereocenters. The van der Waals surface area contributed by atoms with Crippen molar-refractivity contribution in [1.82, 2.24) is 10.3 Å². The number of nitrogens with one attached hydrogen (secondary N) is 1. The van der Waals surface area contributed by atoms with Crippen LogP contribution in [0.2, 0.25) is 0 Å². The van der Waals surface area contributed by atoms with E-state index in [1.54, 1.807) is 11.8 Å². The van der Waals surface area contributed by atoms with Crippen LogP contribution in [-0.4, -0.2) is 17.3 Å². The lowest BCUT2D eigenvalue weighted by atomic mass is 10.4. The van der Waals surface area contributed by atoms with Crippen molar-refractivity contribution >= 4 is 39.0 Å². The molecule has 0 fully saturated rings. The number of nitrogens with zero attached hydrogens (tertiary/aromatic N) is 1. The number of hydrogen-bond acceptors (Lipinski definition) is 4. The van der Waals surface area contributed by atoms with Crippen LogP contribution in [0, 0.1) is 6.92 Å². The molecule has 0 spiro atoms. The van der Waals surface area contributed by atoms with Gasteiger partial charge < -0.3 is 5.32 Å². The summed E-state index contributed by atoms with van der Waals surface area (Å²) >= 11 is 7.13. The minimum atomic E-state index is 0.961. The lowest BCUT2D eigenvalue weighted by Crippen LogP contribution is -2.15. The Morgan fingerprint density at radius 3 is 3.00 bits per heavy atom. The Hall–Kier alpha value is -0.360. The molecule has 0 atom stereocenters. The number of aryl methyl sites for hydroxylation is 1. The van der Waals surface area contributed by atoms with Crippen LogP contribution in [0.5, 0.6) is 0 Å². The quantitative estimate of drug-likeness (QED) is 0.632. The van der Waals surface area contributed by atoms with E-state index in [-0.39, 0.29) is 0 Å². The van der Waals surface area contributed by atoms with Gasteiger partial charge in [0.15, 0.2) is 0 Å². The highest BCUT2D eigenvalue weighted by Crippen LogP contribution is 2.24. The van der Waals surface area contributed by atoms with E-state index in [0.29, 0.717) is 0 Å². The van der Waals surface area contributed by atoms with E-state index in [4.69, 9.17) is 0 Å². The van der Waals surface area contributed by atoms with Gasteiger partial charge in [0, 0.05) is 39.3 Å². The molecule has 0 aliphatic carbocycles. The summed E-state index contributed by atoms with van der Waals surface area (Å²) in [6.07, 6.45) is 1.83. The van der Waals surface area contributed by atoms with Gasteiger partial charge in [-0.05, 0) is 47.1 Å². The molecule has 0 bridgehead atoms. The zero-order valence-electron chi connectivity index (χ0n) is 10.1. The van der Waals surface area contributed by atoms with Gasteiger partial charge in [0.1, 0.15) is 5.03 Å². The third-order valence-electron chi connectivity index (χ3n) is 2.34. The minimum absolute atomic E-state index is 0.961. The second-order valence-electron chi connectivity index (χ2n) is 3.83. The van der Waals surface area contributed by atoms with E-state index in [2.05, 4.69) is 45.3 Å². The fourth-order valence-corrected chi connectivity index (χ4v) is 3.73. The summed E-state index contributed by atoms with van der Waals surface area (Å²) in [5.74, 6) is 1.03. The third kappa shape index (κ3) is 4.39. The number of thiophene rings is 1. The summed E-state index contributed by atoms with van der Waals surface area (Å²) in [7, 11) is 0.